The molecule has 2 heterocycles. The normalized spacial score (nSPS) is 17.8. The van der Waals surface area contributed by atoms with E-state index < -0.39 is 0 Å². The van der Waals surface area contributed by atoms with Crippen molar-refractivity contribution in [2.45, 2.75) is 76.9 Å². The van der Waals surface area contributed by atoms with E-state index in [4.69, 9.17) is 4.74 Å². The smallest absolute Gasteiger partial charge is 0.120 e. The summed E-state index contributed by atoms with van der Waals surface area (Å²) in [6, 6.07) is 36.9. The third kappa shape index (κ3) is 5.86. The van der Waals surface area contributed by atoms with Gasteiger partial charge in [0.05, 0.1) is 0 Å². The minimum absolute atomic E-state index is 0.192. The number of aromatic nitrogens is 2. The largest absolute Gasteiger partial charge is 0.488 e. The molecule has 4 aromatic carbocycles. The summed E-state index contributed by atoms with van der Waals surface area (Å²) in [5.41, 5.74) is 10.7. The van der Waals surface area contributed by atoms with Crippen LogP contribution in [0.5, 0.6) is 5.75 Å². The first-order chi connectivity index (χ1) is 21.4. The maximum Gasteiger partial charge on any atom is 0.120 e. The molecule has 2 aliphatic rings. The molecule has 44 heavy (non-hydrogen) atoms. The predicted octanol–water partition coefficient (Wildman–Crippen LogP) is 9.95. The van der Waals surface area contributed by atoms with E-state index in [0.717, 1.165) is 24.3 Å². The molecule has 3 N–H and O–H groups in total. The molecule has 0 aliphatic heterocycles. The number of hydrogen-bond donors (Lipinski definition) is 3. The van der Waals surface area contributed by atoms with Crippen LogP contribution in [0.1, 0.15) is 74.0 Å². The first kappa shape index (κ1) is 28.3. The molecule has 2 atom stereocenters. The van der Waals surface area contributed by atoms with Crippen LogP contribution in [0.2, 0.25) is 0 Å². The van der Waals surface area contributed by atoms with Gasteiger partial charge in [-0.25, -0.2) is 0 Å². The molecule has 0 fully saturated rings. The van der Waals surface area contributed by atoms with Crippen molar-refractivity contribution in [3.63, 3.8) is 0 Å². The zero-order chi connectivity index (χ0) is 30.1. The van der Waals surface area contributed by atoms with Crippen LogP contribution in [0.25, 0.3) is 21.8 Å². The second-order valence-corrected chi connectivity index (χ2v) is 13.3. The van der Waals surface area contributed by atoms with Gasteiger partial charge in [-0.15, -0.1) is 0 Å². The number of aryl methyl sites for hydroxylation is 3. The standard InChI is InChI=1S/C28H30N2O.C12H13N/c1-28(2,3)31-21-15-13-20(14-16-21)29-24-17-18-25-27(22-11-7-8-12-23(22)30-25)26(24)19-9-5-4-6-10-19;1-3-7-11-9(5-1)10-6-2-4-8-12(10)13-11/h4-16,24,26,29-30H,17-18H2,1-3H3;1,3,5,7,13H,2,4,6,8H2. The number of anilines is 1. The zero-order valence-electron chi connectivity index (χ0n) is 26.1. The molecular weight excluding hydrogens is 538 g/mol. The Hall–Kier alpha value is -4.44. The fourth-order valence-corrected chi connectivity index (χ4v) is 7.20. The highest BCUT2D eigenvalue weighted by Crippen LogP contribution is 2.42. The number of hydrogen-bond acceptors (Lipinski definition) is 2. The van der Waals surface area contributed by atoms with E-state index >= 15 is 0 Å². The fourth-order valence-electron chi connectivity index (χ4n) is 7.20. The Labute approximate surface area is 260 Å². The minimum Gasteiger partial charge on any atom is -0.488 e. The first-order valence-electron chi connectivity index (χ1n) is 16.2. The highest BCUT2D eigenvalue weighted by molar-refractivity contribution is 5.86. The molecule has 4 heteroatoms. The highest BCUT2D eigenvalue weighted by Gasteiger charge is 2.33. The van der Waals surface area contributed by atoms with Crippen LogP contribution in [0, 0.1) is 0 Å². The van der Waals surface area contributed by atoms with Gasteiger partial charge < -0.3 is 20.0 Å². The lowest BCUT2D eigenvalue weighted by molar-refractivity contribution is 0.131. The van der Waals surface area contributed by atoms with Crippen molar-refractivity contribution in [1.82, 2.24) is 9.97 Å². The molecular formula is C40H43N3O. The minimum atomic E-state index is -0.192. The van der Waals surface area contributed by atoms with Gasteiger partial charge in [0.2, 0.25) is 0 Å². The van der Waals surface area contributed by atoms with Crippen molar-refractivity contribution in [2.75, 3.05) is 5.32 Å². The summed E-state index contributed by atoms with van der Waals surface area (Å²) in [5.74, 6) is 1.20. The van der Waals surface area contributed by atoms with Gasteiger partial charge in [0.15, 0.2) is 0 Å². The van der Waals surface area contributed by atoms with Crippen molar-refractivity contribution in [3.05, 3.63) is 131 Å². The van der Waals surface area contributed by atoms with Crippen molar-refractivity contribution < 1.29 is 4.74 Å². The number of aromatic amines is 2. The molecule has 0 radical (unpaired) electrons. The van der Waals surface area contributed by atoms with Crippen molar-refractivity contribution in [3.8, 4) is 5.75 Å². The molecule has 0 bridgehead atoms. The number of benzene rings is 4. The second-order valence-electron chi connectivity index (χ2n) is 13.3. The van der Waals surface area contributed by atoms with Crippen LogP contribution in [-0.4, -0.2) is 21.6 Å². The lowest BCUT2D eigenvalue weighted by atomic mass is 9.77. The predicted molar refractivity (Wildman–Crippen MR) is 184 cm³/mol. The van der Waals surface area contributed by atoms with Gasteiger partial charge >= 0.3 is 0 Å². The van der Waals surface area contributed by atoms with Crippen molar-refractivity contribution >= 4 is 27.5 Å². The van der Waals surface area contributed by atoms with Crippen molar-refractivity contribution in [1.29, 1.82) is 0 Å². The third-order valence-electron chi connectivity index (χ3n) is 9.04. The Bertz CT molecular complexity index is 1860. The van der Waals surface area contributed by atoms with E-state index in [1.165, 1.54) is 70.0 Å². The van der Waals surface area contributed by atoms with Gasteiger partial charge in [-0.3, -0.25) is 0 Å². The average molecular weight is 582 g/mol. The third-order valence-corrected chi connectivity index (χ3v) is 9.04. The van der Waals surface area contributed by atoms with Crippen LogP contribution in [-0.2, 0) is 19.3 Å². The molecule has 2 unspecified atom stereocenters. The molecule has 8 rings (SSSR count). The molecule has 2 aliphatic carbocycles. The van der Waals surface area contributed by atoms with Crippen LogP contribution in [0.15, 0.2) is 103 Å². The number of nitrogens with one attached hydrogen (secondary N) is 3. The van der Waals surface area contributed by atoms with E-state index in [0.29, 0.717) is 12.0 Å². The molecule has 0 amide bonds. The molecule has 0 spiro atoms. The lowest BCUT2D eigenvalue weighted by Gasteiger charge is -2.34. The molecule has 0 saturated carbocycles. The van der Waals surface area contributed by atoms with Crippen LogP contribution < -0.4 is 10.1 Å². The topological polar surface area (TPSA) is 52.8 Å². The van der Waals surface area contributed by atoms with E-state index in [2.05, 4.69) is 139 Å². The zero-order valence-corrected chi connectivity index (χ0v) is 26.1. The number of para-hydroxylation sites is 2. The van der Waals surface area contributed by atoms with Gasteiger partial charge in [-0.05, 0) is 112 Å². The van der Waals surface area contributed by atoms with Gasteiger partial charge in [-0.1, -0.05) is 66.7 Å². The summed E-state index contributed by atoms with van der Waals surface area (Å²) in [6.07, 6.45) is 7.34. The SMILES string of the molecule is CC(C)(C)Oc1ccc(NC2CCc3[nH]c4ccccc4c3C2c2ccccc2)cc1.c1ccc2c3c([nH]c2c1)CCCC3. The van der Waals surface area contributed by atoms with E-state index in [1.807, 2.05) is 0 Å². The van der Waals surface area contributed by atoms with Gasteiger partial charge in [0, 0.05) is 50.8 Å². The summed E-state index contributed by atoms with van der Waals surface area (Å²) in [4.78, 5) is 7.20. The van der Waals surface area contributed by atoms with E-state index in [1.54, 1.807) is 5.56 Å². The molecule has 6 aromatic rings. The number of fused-ring (bicyclic) bond motifs is 6. The Balaban J connectivity index is 0.000000199. The van der Waals surface area contributed by atoms with Gasteiger partial charge in [0.25, 0.3) is 0 Å². The monoisotopic (exact) mass is 581 g/mol. The summed E-state index contributed by atoms with van der Waals surface area (Å²) in [5, 5.41) is 6.63. The van der Waals surface area contributed by atoms with Crippen LogP contribution >= 0.6 is 0 Å². The van der Waals surface area contributed by atoms with Crippen LogP contribution in [0.3, 0.4) is 0 Å². The molecule has 224 valence electrons. The lowest BCUT2D eigenvalue weighted by Crippen LogP contribution is -2.33. The quantitative estimate of drug-likeness (QED) is 0.194. The number of ether oxygens (including phenoxy) is 1. The number of rotatable bonds is 4. The Kier molecular flexibility index (Phi) is 7.68. The fraction of sp³-hybridized carbons (Fsp3) is 0.300. The average Bonchev–Trinajstić information content (AvgIpc) is 3.61. The van der Waals surface area contributed by atoms with E-state index in [9.17, 15) is 0 Å². The Morgan fingerprint density at radius 1 is 0.659 bits per heavy atom. The maximum atomic E-state index is 5.99. The molecule has 0 saturated heterocycles. The highest BCUT2D eigenvalue weighted by atomic mass is 16.5. The van der Waals surface area contributed by atoms with Gasteiger partial charge in [0.1, 0.15) is 11.4 Å². The maximum absolute atomic E-state index is 5.99. The first-order valence-corrected chi connectivity index (χ1v) is 16.2. The Morgan fingerprint density at radius 3 is 2.05 bits per heavy atom. The Morgan fingerprint density at radius 2 is 1.30 bits per heavy atom. The molecule has 4 nitrogen and oxygen atoms in total. The summed E-state index contributed by atoms with van der Waals surface area (Å²) in [7, 11) is 0. The van der Waals surface area contributed by atoms with Crippen molar-refractivity contribution in [2.24, 2.45) is 0 Å². The van der Waals surface area contributed by atoms with Gasteiger partial charge in [-0.2, -0.15) is 0 Å². The molecule has 2 aromatic heterocycles. The summed E-state index contributed by atoms with van der Waals surface area (Å²) in [6.45, 7) is 6.22. The van der Waals surface area contributed by atoms with E-state index in [-0.39, 0.29) is 5.60 Å². The second kappa shape index (κ2) is 11.9. The van der Waals surface area contributed by atoms with Crippen LogP contribution in [0.4, 0.5) is 5.69 Å². The number of H-pyrrole nitrogens is 2. The summed E-state index contributed by atoms with van der Waals surface area (Å²) >= 11 is 0. The summed E-state index contributed by atoms with van der Waals surface area (Å²) < 4.78 is 5.99.